The Morgan fingerprint density at radius 1 is 1.24 bits per heavy atom. The number of esters is 1. The Hall–Kier alpha value is -3.23. The number of aromatic nitrogens is 4. The molecule has 0 bridgehead atoms. The molecular formula is C25H33F2N6O7P. The first-order valence-electron chi connectivity index (χ1n) is 12.8. The van der Waals surface area contributed by atoms with Gasteiger partial charge in [0.2, 0.25) is 0 Å². The number of carbonyl (C=O) groups excluding carboxylic acids is 1. The molecule has 3 heterocycles. The maximum absolute atomic E-state index is 16.2. The highest BCUT2D eigenvalue weighted by molar-refractivity contribution is 7.52. The number of ether oxygens (including phenoxy) is 2. The molecular weight excluding hydrogens is 565 g/mol. The van der Waals surface area contributed by atoms with Gasteiger partial charge in [0.15, 0.2) is 35.0 Å². The Labute approximate surface area is 235 Å². The molecule has 3 N–H and O–H groups in total. The molecule has 0 amide bonds. The molecule has 13 nitrogen and oxygen atoms in total. The second-order valence-electron chi connectivity index (χ2n) is 10.0. The lowest BCUT2D eigenvalue weighted by Crippen LogP contribution is -2.47. The number of anilines is 1. The van der Waals surface area contributed by atoms with Gasteiger partial charge in [-0.05, 0) is 46.8 Å². The third-order valence-electron chi connectivity index (χ3n) is 6.21. The lowest BCUT2D eigenvalue weighted by molar-refractivity contribution is -0.202. The van der Waals surface area contributed by atoms with Crippen LogP contribution in [0.2, 0.25) is 0 Å². The van der Waals surface area contributed by atoms with Gasteiger partial charge in [-0.15, -0.1) is 0 Å². The number of halogens is 2. The topological polar surface area (TPSA) is 159 Å². The number of hydrogen-bond donors (Lipinski definition) is 3. The van der Waals surface area contributed by atoms with Crippen LogP contribution >= 0.6 is 7.75 Å². The fourth-order valence-corrected chi connectivity index (χ4v) is 5.75. The zero-order valence-corrected chi connectivity index (χ0v) is 24.3. The molecule has 1 aromatic carbocycles. The fraction of sp³-hybridized carbons (Fsp3) is 0.520. The SMILES string of the molecule is CNc1nc(C)nc2c1ncn2[C@@H]1O[C@](F)(CO[P@@](=O)(N[C@H](C)C(=O)OC(C)C)Oc2ccccc2)[C@@H](O)[C@@]1(C)F. The Balaban J connectivity index is 1.61. The Bertz CT molecular complexity index is 1440. The van der Waals surface area contributed by atoms with Crippen LogP contribution in [0.4, 0.5) is 14.6 Å². The zero-order chi connectivity index (χ0) is 30.2. The lowest BCUT2D eigenvalue weighted by Gasteiger charge is -2.28. The first-order valence-corrected chi connectivity index (χ1v) is 14.3. The van der Waals surface area contributed by atoms with E-state index in [1.807, 2.05) is 0 Å². The number of alkyl halides is 2. The van der Waals surface area contributed by atoms with Crippen LogP contribution in [0.25, 0.3) is 11.2 Å². The van der Waals surface area contributed by atoms with Gasteiger partial charge in [-0.25, -0.2) is 28.3 Å². The number of rotatable bonds is 11. The Morgan fingerprint density at radius 2 is 1.93 bits per heavy atom. The van der Waals surface area contributed by atoms with Crippen molar-refractivity contribution in [2.24, 2.45) is 0 Å². The van der Waals surface area contributed by atoms with E-state index in [9.17, 15) is 14.5 Å². The summed E-state index contributed by atoms with van der Waals surface area (Å²) in [7, 11) is -2.93. The van der Waals surface area contributed by atoms with Gasteiger partial charge >= 0.3 is 13.7 Å². The number of carbonyl (C=O) groups is 1. The molecule has 16 heteroatoms. The maximum Gasteiger partial charge on any atom is 0.459 e. The van der Waals surface area contributed by atoms with Gasteiger partial charge in [-0.2, -0.15) is 5.09 Å². The van der Waals surface area contributed by atoms with Crippen molar-refractivity contribution in [1.82, 2.24) is 24.6 Å². The van der Waals surface area contributed by atoms with E-state index in [0.29, 0.717) is 11.6 Å². The molecule has 1 saturated heterocycles. The predicted octanol–water partition coefficient (Wildman–Crippen LogP) is 3.59. The average Bonchev–Trinajstić information content (AvgIpc) is 3.39. The molecule has 1 aliphatic rings. The highest BCUT2D eigenvalue weighted by atomic mass is 31.2. The molecule has 2 aromatic heterocycles. The number of aryl methyl sites for hydroxylation is 1. The van der Waals surface area contributed by atoms with Crippen molar-refractivity contribution in [3.05, 3.63) is 42.5 Å². The highest BCUT2D eigenvalue weighted by Crippen LogP contribution is 2.52. The van der Waals surface area contributed by atoms with E-state index in [4.69, 9.17) is 18.5 Å². The predicted molar refractivity (Wildman–Crippen MR) is 144 cm³/mol. The summed E-state index contributed by atoms with van der Waals surface area (Å²) in [6.07, 6.45) is -3.43. The quantitative estimate of drug-likeness (QED) is 0.218. The van der Waals surface area contributed by atoms with E-state index >= 15 is 8.78 Å². The molecule has 6 atom stereocenters. The molecule has 0 radical (unpaired) electrons. The molecule has 4 rings (SSSR count). The zero-order valence-electron chi connectivity index (χ0n) is 23.4. The van der Waals surface area contributed by atoms with Crippen molar-refractivity contribution in [3.8, 4) is 5.75 Å². The van der Waals surface area contributed by atoms with Crippen LogP contribution in [0.1, 0.15) is 39.7 Å². The van der Waals surface area contributed by atoms with E-state index < -0.39 is 56.3 Å². The summed E-state index contributed by atoms with van der Waals surface area (Å²) < 4.78 is 68.4. The second-order valence-corrected chi connectivity index (χ2v) is 11.7. The third-order valence-corrected chi connectivity index (χ3v) is 7.84. The van der Waals surface area contributed by atoms with Gasteiger partial charge in [-0.1, -0.05) is 18.2 Å². The summed E-state index contributed by atoms with van der Waals surface area (Å²) in [4.78, 5) is 25.1. The van der Waals surface area contributed by atoms with E-state index in [2.05, 4.69) is 25.4 Å². The van der Waals surface area contributed by atoms with Gasteiger partial charge in [0.25, 0.3) is 5.85 Å². The molecule has 0 unspecified atom stereocenters. The van der Waals surface area contributed by atoms with E-state index in [1.54, 1.807) is 46.0 Å². The molecule has 0 spiro atoms. The number of benzene rings is 1. The number of aliphatic hydroxyl groups is 1. The highest BCUT2D eigenvalue weighted by Gasteiger charge is 2.65. The van der Waals surface area contributed by atoms with Gasteiger partial charge in [0, 0.05) is 7.05 Å². The normalized spacial score (nSPS) is 26.6. The third kappa shape index (κ3) is 6.33. The Kier molecular flexibility index (Phi) is 8.67. The summed E-state index contributed by atoms with van der Waals surface area (Å²) in [5.74, 6) is -3.23. The van der Waals surface area contributed by atoms with Crippen molar-refractivity contribution in [3.63, 3.8) is 0 Å². The Morgan fingerprint density at radius 3 is 2.56 bits per heavy atom. The summed E-state index contributed by atoms with van der Waals surface area (Å²) in [5.41, 5.74) is -2.33. The fourth-order valence-electron chi connectivity index (χ4n) is 4.24. The van der Waals surface area contributed by atoms with Gasteiger partial charge in [0.1, 0.15) is 24.2 Å². The summed E-state index contributed by atoms with van der Waals surface area (Å²) in [6.45, 7) is 5.93. The largest absolute Gasteiger partial charge is 0.462 e. The number of fused-ring (bicyclic) bond motifs is 1. The van der Waals surface area contributed by atoms with Crippen molar-refractivity contribution in [2.45, 2.75) is 70.6 Å². The smallest absolute Gasteiger partial charge is 0.459 e. The minimum absolute atomic E-state index is 0.0713. The number of nitrogens with one attached hydrogen (secondary N) is 2. The summed E-state index contributed by atoms with van der Waals surface area (Å²) in [5, 5.41) is 16.0. The van der Waals surface area contributed by atoms with Crippen molar-refractivity contribution in [1.29, 1.82) is 0 Å². The second kappa shape index (κ2) is 11.6. The molecule has 3 aromatic rings. The molecule has 1 fully saturated rings. The minimum Gasteiger partial charge on any atom is -0.462 e. The first kappa shape index (κ1) is 30.7. The van der Waals surface area contributed by atoms with Gasteiger partial charge < -0.3 is 24.4 Å². The van der Waals surface area contributed by atoms with Crippen molar-refractivity contribution < 1.29 is 41.8 Å². The standard InChI is InChI=1S/C25H33F2N6O7P/c1-14(2)38-21(34)15(3)32-41(36,40-17-10-8-7-9-11-17)37-12-25(27)22(35)24(5,26)23(39-25)33-13-29-18-19(28-6)30-16(4)31-20(18)33/h7-11,13-15,22-23,35H,12H2,1-6H3,(H,32,36)(H,28,30,31)/t15-,22+,23-,24-,25-,41+/m1/s1. The molecule has 41 heavy (non-hydrogen) atoms. The van der Waals surface area contributed by atoms with E-state index in [1.165, 1.54) is 25.4 Å². The maximum atomic E-state index is 16.2. The summed E-state index contributed by atoms with van der Waals surface area (Å²) in [6, 6.07) is 6.58. The van der Waals surface area contributed by atoms with Gasteiger partial charge in [0.05, 0.1) is 12.4 Å². The number of nitrogens with zero attached hydrogens (tertiary/aromatic N) is 4. The van der Waals surface area contributed by atoms with Gasteiger partial charge in [-0.3, -0.25) is 13.9 Å². The lowest BCUT2D eigenvalue weighted by atomic mass is 9.97. The number of imidazole rings is 1. The van der Waals surface area contributed by atoms with E-state index in [0.717, 1.165) is 11.5 Å². The van der Waals surface area contributed by atoms with Crippen molar-refractivity contribution in [2.75, 3.05) is 19.0 Å². The number of para-hydroxylation sites is 1. The molecule has 224 valence electrons. The molecule has 0 saturated carbocycles. The van der Waals surface area contributed by atoms with Crippen LogP contribution in [0.3, 0.4) is 0 Å². The van der Waals surface area contributed by atoms with Crippen LogP contribution < -0.4 is 14.9 Å². The first-order chi connectivity index (χ1) is 19.2. The number of aliphatic hydroxyl groups excluding tert-OH is 1. The van der Waals surface area contributed by atoms with Crippen LogP contribution in [-0.2, 0) is 23.4 Å². The van der Waals surface area contributed by atoms with E-state index in [-0.39, 0.29) is 16.9 Å². The van der Waals surface area contributed by atoms with Crippen molar-refractivity contribution >= 4 is 30.7 Å². The molecule has 1 aliphatic heterocycles. The van der Waals surface area contributed by atoms with Crippen LogP contribution in [0.5, 0.6) is 5.75 Å². The minimum atomic E-state index is -4.55. The number of hydrogen-bond acceptors (Lipinski definition) is 11. The molecule has 0 aliphatic carbocycles. The summed E-state index contributed by atoms with van der Waals surface area (Å²) >= 11 is 0. The van der Waals surface area contributed by atoms with Crippen LogP contribution in [-0.4, -0.2) is 74.0 Å². The monoisotopic (exact) mass is 598 g/mol. The van der Waals surface area contributed by atoms with Crippen LogP contribution in [0.15, 0.2) is 36.7 Å². The average molecular weight is 599 g/mol. The van der Waals surface area contributed by atoms with Crippen LogP contribution in [0, 0.1) is 6.92 Å².